The molecule has 1 aliphatic carbocycles. The lowest BCUT2D eigenvalue weighted by atomic mass is 9.83. The molecule has 0 radical (unpaired) electrons. The first kappa shape index (κ1) is 11.8. The van der Waals surface area contributed by atoms with Gasteiger partial charge in [-0.15, -0.1) is 0 Å². The van der Waals surface area contributed by atoms with Gasteiger partial charge in [-0.2, -0.15) is 0 Å². The van der Waals surface area contributed by atoms with Gasteiger partial charge >= 0.3 is 5.97 Å². The van der Waals surface area contributed by atoms with Gasteiger partial charge in [-0.25, -0.2) is 14.8 Å². The average molecular weight is 235 g/mol. The van der Waals surface area contributed by atoms with Crippen molar-refractivity contribution in [1.82, 2.24) is 9.97 Å². The first-order valence-electron chi connectivity index (χ1n) is 5.95. The molecule has 0 amide bonds. The van der Waals surface area contributed by atoms with E-state index in [-0.39, 0.29) is 5.82 Å². The normalized spacial score (nSPS) is 15.1. The molecule has 1 aliphatic rings. The molecular formula is C12H17N3O2. The number of rotatable bonds is 5. The molecule has 92 valence electrons. The van der Waals surface area contributed by atoms with Crippen LogP contribution in [0.1, 0.15) is 36.3 Å². The van der Waals surface area contributed by atoms with Crippen LogP contribution in [0.15, 0.2) is 12.3 Å². The molecule has 0 unspecified atom stereocenters. The van der Waals surface area contributed by atoms with Crippen molar-refractivity contribution < 1.29 is 9.53 Å². The third-order valence-electron chi connectivity index (χ3n) is 3.11. The van der Waals surface area contributed by atoms with Gasteiger partial charge in [0.25, 0.3) is 0 Å². The number of ether oxygens (including phenoxy) is 1. The zero-order valence-electron chi connectivity index (χ0n) is 9.98. The molecule has 1 saturated carbocycles. The lowest BCUT2D eigenvalue weighted by Crippen LogP contribution is -2.16. The van der Waals surface area contributed by atoms with Crippen LogP contribution in [0.3, 0.4) is 0 Å². The maximum Gasteiger partial charge on any atom is 0.376 e. The molecule has 0 saturated heterocycles. The molecular weight excluding hydrogens is 218 g/mol. The minimum absolute atomic E-state index is 0.0983. The van der Waals surface area contributed by atoms with E-state index in [0.29, 0.717) is 5.82 Å². The number of hydrogen-bond donors (Lipinski definition) is 1. The van der Waals surface area contributed by atoms with E-state index in [2.05, 4.69) is 20.0 Å². The summed E-state index contributed by atoms with van der Waals surface area (Å²) in [6, 6.07) is 1.76. The highest BCUT2D eigenvalue weighted by Crippen LogP contribution is 2.28. The summed E-state index contributed by atoms with van der Waals surface area (Å²) in [5.74, 6) is 1.14. The Morgan fingerprint density at radius 1 is 1.59 bits per heavy atom. The molecule has 1 fully saturated rings. The molecule has 0 aliphatic heterocycles. The third kappa shape index (κ3) is 3.15. The molecule has 5 nitrogen and oxygen atoms in total. The van der Waals surface area contributed by atoms with Gasteiger partial charge < -0.3 is 10.1 Å². The van der Waals surface area contributed by atoms with Crippen molar-refractivity contribution >= 4 is 11.8 Å². The Hall–Kier alpha value is -1.65. The number of carbonyl (C=O) groups excluding carboxylic acids is 1. The van der Waals surface area contributed by atoms with Crippen molar-refractivity contribution in [3.05, 3.63) is 18.1 Å². The highest BCUT2D eigenvalue weighted by atomic mass is 16.5. The fourth-order valence-corrected chi connectivity index (χ4v) is 1.83. The number of nitrogens with zero attached hydrogens (tertiary/aromatic N) is 2. The summed E-state index contributed by atoms with van der Waals surface area (Å²) in [6.07, 6.45) is 6.78. The van der Waals surface area contributed by atoms with Gasteiger partial charge in [0.1, 0.15) is 5.82 Å². The summed E-state index contributed by atoms with van der Waals surface area (Å²) in [7, 11) is 1.32. The molecule has 0 aromatic carbocycles. The molecule has 0 bridgehead atoms. The Morgan fingerprint density at radius 3 is 3.06 bits per heavy atom. The van der Waals surface area contributed by atoms with E-state index in [1.54, 1.807) is 12.3 Å². The molecule has 0 atom stereocenters. The quantitative estimate of drug-likeness (QED) is 0.789. The van der Waals surface area contributed by atoms with Crippen molar-refractivity contribution in [2.45, 2.75) is 25.7 Å². The summed E-state index contributed by atoms with van der Waals surface area (Å²) in [5.41, 5.74) is 0. The molecule has 1 N–H and O–H groups in total. The second-order valence-corrected chi connectivity index (χ2v) is 4.27. The van der Waals surface area contributed by atoms with Gasteiger partial charge in [0, 0.05) is 12.7 Å². The minimum Gasteiger partial charge on any atom is -0.463 e. The van der Waals surface area contributed by atoms with Crippen LogP contribution in [0.25, 0.3) is 0 Å². The van der Waals surface area contributed by atoms with Crippen LogP contribution in [0.5, 0.6) is 0 Å². The molecule has 1 aromatic heterocycles. The SMILES string of the molecule is COC(=O)c1nccc(NCCC2CCC2)n1. The second kappa shape index (κ2) is 5.61. The van der Waals surface area contributed by atoms with Crippen LogP contribution in [-0.2, 0) is 4.74 Å². The summed E-state index contributed by atoms with van der Waals surface area (Å²) < 4.78 is 4.57. The number of methoxy groups -OCH3 is 1. The molecule has 1 aromatic rings. The van der Waals surface area contributed by atoms with Gasteiger partial charge in [0.05, 0.1) is 7.11 Å². The van der Waals surface area contributed by atoms with E-state index in [0.717, 1.165) is 18.9 Å². The predicted octanol–water partition coefficient (Wildman–Crippen LogP) is 1.87. The van der Waals surface area contributed by atoms with Gasteiger partial charge in [0.2, 0.25) is 5.82 Å². The smallest absolute Gasteiger partial charge is 0.376 e. The van der Waals surface area contributed by atoms with Gasteiger partial charge in [-0.3, -0.25) is 0 Å². The van der Waals surface area contributed by atoms with E-state index in [1.807, 2.05) is 0 Å². The number of nitrogens with one attached hydrogen (secondary N) is 1. The Bertz CT molecular complexity index is 391. The largest absolute Gasteiger partial charge is 0.463 e. The molecule has 1 heterocycles. The van der Waals surface area contributed by atoms with Crippen molar-refractivity contribution in [3.63, 3.8) is 0 Å². The lowest BCUT2D eigenvalue weighted by Gasteiger charge is -2.25. The zero-order valence-corrected chi connectivity index (χ0v) is 9.98. The van der Waals surface area contributed by atoms with E-state index in [1.165, 1.54) is 26.4 Å². The standard InChI is InChI=1S/C12H17N3O2/c1-17-12(16)11-14-8-6-10(15-11)13-7-5-9-3-2-4-9/h6,8-9H,2-5,7H2,1H3,(H,13,14,15). The predicted molar refractivity (Wildman–Crippen MR) is 63.8 cm³/mol. The Morgan fingerprint density at radius 2 is 2.41 bits per heavy atom. The molecule has 2 rings (SSSR count). The zero-order chi connectivity index (χ0) is 12.1. The van der Waals surface area contributed by atoms with E-state index in [4.69, 9.17) is 0 Å². The Kier molecular flexibility index (Phi) is 3.90. The Labute approximate surface area is 101 Å². The third-order valence-corrected chi connectivity index (χ3v) is 3.11. The number of carbonyl (C=O) groups is 1. The van der Waals surface area contributed by atoms with Crippen molar-refractivity contribution in [1.29, 1.82) is 0 Å². The van der Waals surface area contributed by atoms with E-state index in [9.17, 15) is 4.79 Å². The van der Waals surface area contributed by atoms with Gasteiger partial charge in [0.15, 0.2) is 0 Å². The van der Waals surface area contributed by atoms with Crippen molar-refractivity contribution in [2.75, 3.05) is 19.0 Å². The summed E-state index contributed by atoms with van der Waals surface area (Å²) in [4.78, 5) is 19.2. The van der Waals surface area contributed by atoms with Gasteiger partial charge in [-0.05, 0) is 18.4 Å². The highest BCUT2D eigenvalue weighted by molar-refractivity contribution is 5.85. The first-order chi connectivity index (χ1) is 8.29. The topological polar surface area (TPSA) is 64.1 Å². The van der Waals surface area contributed by atoms with Gasteiger partial charge in [-0.1, -0.05) is 19.3 Å². The van der Waals surface area contributed by atoms with Crippen LogP contribution in [-0.4, -0.2) is 29.6 Å². The monoisotopic (exact) mass is 235 g/mol. The minimum atomic E-state index is -0.507. The second-order valence-electron chi connectivity index (χ2n) is 4.27. The summed E-state index contributed by atoms with van der Waals surface area (Å²) in [6.45, 7) is 0.891. The van der Waals surface area contributed by atoms with Crippen LogP contribution in [0, 0.1) is 5.92 Å². The van der Waals surface area contributed by atoms with E-state index < -0.39 is 5.97 Å². The molecule has 17 heavy (non-hydrogen) atoms. The number of anilines is 1. The van der Waals surface area contributed by atoms with E-state index >= 15 is 0 Å². The maximum atomic E-state index is 11.2. The average Bonchev–Trinajstić information content (AvgIpc) is 2.32. The fraction of sp³-hybridized carbons (Fsp3) is 0.583. The van der Waals surface area contributed by atoms with Crippen LogP contribution in [0.2, 0.25) is 0 Å². The number of hydrogen-bond acceptors (Lipinski definition) is 5. The summed E-state index contributed by atoms with van der Waals surface area (Å²) in [5, 5.41) is 3.20. The maximum absolute atomic E-state index is 11.2. The molecule has 0 spiro atoms. The lowest BCUT2D eigenvalue weighted by molar-refractivity contribution is 0.0587. The van der Waals surface area contributed by atoms with Crippen LogP contribution < -0.4 is 5.32 Å². The molecule has 5 heteroatoms. The Balaban J connectivity index is 1.84. The van der Waals surface area contributed by atoms with Crippen molar-refractivity contribution in [2.24, 2.45) is 5.92 Å². The highest BCUT2D eigenvalue weighted by Gasteiger charge is 2.16. The van der Waals surface area contributed by atoms with Crippen LogP contribution in [0.4, 0.5) is 5.82 Å². The first-order valence-corrected chi connectivity index (χ1v) is 5.95. The fourth-order valence-electron chi connectivity index (χ4n) is 1.83. The summed E-state index contributed by atoms with van der Waals surface area (Å²) >= 11 is 0. The van der Waals surface area contributed by atoms with Crippen LogP contribution >= 0.6 is 0 Å². The van der Waals surface area contributed by atoms with Crippen molar-refractivity contribution in [3.8, 4) is 0 Å². The number of aromatic nitrogens is 2. The number of esters is 1.